The summed E-state index contributed by atoms with van der Waals surface area (Å²) in [5.41, 5.74) is -0.103. The zero-order valence-corrected chi connectivity index (χ0v) is 14.2. The summed E-state index contributed by atoms with van der Waals surface area (Å²) in [5, 5.41) is 10.3. The number of para-hydroxylation sites is 1. The molecule has 1 aliphatic rings. The number of aromatic amines is 1. The maximum atomic E-state index is 13.1. The van der Waals surface area contributed by atoms with E-state index < -0.39 is 17.8 Å². The number of urea groups is 1. The SMILES string of the molecule is O=C(Nc1n[nH]c2ccccc12)N1C=CN(c2ncccc2C(F)(F)F)C=C1. The zero-order valence-electron chi connectivity index (χ0n) is 14.2. The van der Waals surface area contributed by atoms with Gasteiger partial charge in [0, 0.05) is 36.4 Å². The van der Waals surface area contributed by atoms with Gasteiger partial charge in [-0.15, -0.1) is 0 Å². The van der Waals surface area contributed by atoms with Gasteiger partial charge >= 0.3 is 12.2 Å². The van der Waals surface area contributed by atoms with Crippen LogP contribution >= 0.6 is 0 Å². The van der Waals surface area contributed by atoms with Crippen molar-refractivity contribution in [3.8, 4) is 0 Å². The van der Waals surface area contributed by atoms with E-state index in [4.69, 9.17) is 0 Å². The molecule has 0 saturated carbocycles. The summed E-state index contributed by atoms with van der Waals surface area (Å²) < 4.78 is 39.4. The van der Waals surface area contributed by atoms with Crippen LogP contribution < -0.4 is 10.2 Å². The number of benzene rings is 1. The number of alkyl halides is 3. The summed E-state index contributed by atoms with van der Waals surface area (Å²) in [6.45, 7) is 0. The van der Waals surface area contributed by atoms with Crippen LogP contribution in [0.25, 0.3) is 10.9 Å². The Bertz CT molecular complexity index is 1070. The molecule has 3 aromatic rings. The van der Waals surface area contributed by atoms with Crippen molar-refractivity contribution in [2.75, 3.05) is 10.2 Å². The summed E-state index contributed by atoms with van der Waals surface area (Å²) in [4.78, 5) is 18.6. The van der Waals surface area contributed by atoms with Crippen LogP contribution in [-0.2, 0) is 6.18 Å². The minimum absolute atomic E-state index is 0.277. The lowest BCUT2D eigenvalue weighted by atomic mass is 10.2. The maximum absolute atomic E-state index is 13.1. The zero-order chi connectivity index (χ0) is 19.7. The molecule has 0 spiro atoms. The van der Waals surface area contributed by atoms with Crippen LogP contribution in [0.15, 0.2) is 67.4 Å². The highest BCUT2D eigenvalue weighted by molar-refractivity contribution is 5.99. The van der Waals surface area contributed by atoms with Crippen LogP contribution in [0.4, 0.5) is 29.6 Å². The highest BCUT2D eigenvalue weighted by Crippen LogP contribution is 2.35. The smallest absolute Gasteiger partial charge is 0.305 e. The molecule has 0 bridgehead atoms. The van der Waals surface area contributed by atoms with E-state index in [1.54, 1.807) is 6.07 Å². The summed E-state index contributed by atoms with van der Waals surface area (Å²) >= 11 is 0. The van der Waals surface area contributed by atoms with E-state index in [-0.39, 0.29) is 5.82 Å². The van der Waals surface area contributed by atoms with E-state index in [9.17, 15) is 18.0 Å². The van der Waals surface area contributed by atoms with Gasteiger partial charge in [0.1, 0.15) is 5.82 Å². The number of hydrogen-bond donors (Lipinski definition) is 2. The Balaban J connectivity index is 1.51. The molecule has 0 atom stereocenters. The third-order valence-corrected chi connectivity index (χ3v) is 4.04. The number of carbonyl (C=O) groups excluding carboxylic acids is 1. The van der Waals surface area contributed by atoms with Crippen molar-refractivity contribution in [2.24, 2.45) is 0 Å². The Morgan fingerprint density at radius 3 is 2.54 bits per heavy atom. The quantitative estimate of drug-likeness (QED) is 0.690. The molecule has 0 saturated heterocycles. The van der Waals surface area contributed by atoms with Crippen LogP contribution in [0.1, 0.15) is 5.56 Å². The topological polar surface area (TPSA) is 77.2 Å². The van der Waals surface area contributed by atoms with Crippen molar-refractivity contribution in [2.45, 2.75) is 6.18 Å². The molecule has 4 rings (SSSR count). The van der Waals surface area contributed by atoms with Gasteiger partial charge in [-0.3, -0.25) is 15.3 Å². The van der Waals surface area contributed by atoms with Crippen molar-refractivity contribution >= 4 is 28.6 Å². The Morgan fingerprint density at radius 2 is 1.79 bits per heavy atom. The minimum Gasteiger partial charge on any atom is -0.305 e. The fraction of sp³-hybridized carbons (Fsp3) is 0.0556. The summed E-state index contributed by atoms with van der Waals surface area (Å²) in [5.74, 6) is 0.0785. The number of nitrogens with zero attached hydrogens (tertiary/aromatic N) is 4. The molecule has 28 heavy (non-hydrogen) atoms. The van der Waals surface area contributed by atoms with Crippen LogP contribution in [0.2, 0.25) is 0 Å². The molecule has 142 valence electrons. The van der Waals surface area contributed by atoms with Crippen molar-refractivity contribution < 1.29 is 18.0 Å². The monoisotopic (exact) mass is 386 g/mol. The lowest BCUT2D eigenvalue weighted by molar-refractivity contribution is -0.137. The van der Waals surface area contributed by atoms with E-state index in [1.807, 2.05) is 18.2 Å². The van der Waals surface area contributed by atoms with E-state index in [1.165, 1.54) is 46.9 Å². The predicted molar refractivity (Wildman–Crippen MR) is 96.9 cm³/mol. The number of nitrogens with one attached hydrogen (secondary N) is 2. The minimum atomic E-state index is -4.54. The molecule has 0 unspecified atom stereocenters. The van der Waals surface area contributed by atoms with Crippen LogP contribution in [0.5, 0.6) is 0 Å². The Labute approximate surface area is 156 Å². The van der Waals surface area contributed by atoms with Gasteiger partial charge in [0.15, 0.2) is 5.82 Å². The molecule has 2 N–H and O–H groups in total. The highest BCUT2D eigenvalue weighted by Gasteiger charge is 2.35. The molecule has 1 aliphatic heterocycles. The molecule has 1 aromatic carbocycles. The number of H-pyrrole nitrogens is 1. The maximum Gasteiger partial charge on any atom is 0.419 e. The number of aromatic nitrogens is 3. The lowest BCUT2D eigenvalue weighted by Gasteiger charge is -2.25. The van der Waals surface area contributed by atoms with E-state index in [0.717, 1.165) is 17.0 Å². The van der Waals surface area contributed by atoms with Crippen LogP contribution in [-0.4, -0.2) is 26.1 Å². The molecule has 3 heterocycles. The van der Waals surface area contributed by atoms with Gasteiger partial charge in [0.25, 0.3) is 0 Å². The molecule has 10 heteroatoms. The summed E-state index contributed by atoms with van der Waals surface area (Å²) in [7, 11) is 0. The largest absolute Gasteiger partial charge is 0.419 e. The van der Waals surface area contributed by atoms with Crippen molar-refractivity contribution in [1.29, 1.82) is 0 Å². The molecule has 0 radical (unpaired) electrons. The fourth-order valence-electron chi connectivity index (χ4n) is 2.71. The average molecular weight is 386 g/mol. The molecule has 7 nitrogen and oxygen atoms in total. The third kappa shape index (κ3) is 3.27. The number of anilines is 2. The first kappa shape index (κ1) is 17.6. The molecule has 2 amide bonds. The van der Waals surface area contributed by atoms with Crippen LogP contribution in [0.3, 0.4) is 0 Å². The van der Waals surface area contributed by atoms with Gasteiger partial charge in [-0.2, -0.15) is 18.3 Å². The summed E-state index contributed by atoms with van der Waals surface area (Å²) in [6.07, 6.45) is 2.03. The second-order valence-corrected chi connectivity index (χ2v) is 5.83. The number of hydrogen-bond acceptors (Lipinski definition) is 4. The second-order valence-electron chi connectivity index (χ2n) is 5.83. The predicted octanol–water partition coefficient (Wildman–Crippen LogP) is 4.27. The number of rotatable bonds is 2. The number of carbonyl (C=O) groups is 1. The first-order valence-electron chi connectivity index (χ1n) is 8.13. The van der Waals surface area contributed by atoms with Gasteiger partial charge < -0.3 is 4.90 Å². The van der Waals surface area contributed by atoms with E-state index >= 15 is 0 Å². The van der Waals surface area contributed by atoms with E-state index in [2.05, 4.69) is 20.5 Å². The normalized spacial score (nSPS) is 14.0. The molecular weight excluding hydrogens is 373 g/mol. The van der Waals surface area contributed by atoms with Gasteiger partial charge in [-0.25, -0.2) is 9.78 Å². The molecule has 2 aromatic heterocycles. The molecule has 0 fully saturated rings. The average Bonchev–Trinajstić information content (AvgIpc) is 3.10. The lowest BCUT2D eigenvalue weighted by Crippen LogP contribution is -2.30. The standard InChI is InChI=1S/C18H13F3N6O/c19-18(20,21)13-5-3-7-22-16(13)26-8-10-27(11-9-26)17(28)23-15-12-4-1-2-6-14(12)24-25-15/h1-11H,(H2,23,24,25,28). The van der Waals surface area contributed by atoms with Gasteiger partial charge in [-0.1, -0.05) is 12.1 Å². The first-order valence-corrected chi connectivity index (χ1v) is 8.13. The number of pyridine rings is 1. The second kappa shape index (κ2) is 6.72. The number of amides is 2. The van der Waals surface area contributed by atoms with Crippen molar-refractivity contribution in [3.05, 3.63) is 73.0 Å². The van der Waals surface area contributed by atoms with Crippen LogP contribution in [0, 0.1) is 0 Å². The fourth-order valence-corrected chi connectivity index (χ4v) is 2.71. The highest BCUT2D eigenvalue weighted by atomic mass is 19.4. The summed E-state index contributed by atoms with van der Waals surface area (Å²) in [6, 6.07) is 8.94. The van der Waals surface area contributed by atoms with Crippen molar-refractivity contribution in [1.82, 2.24) is 20.1 Å². The Kier molecular flexibility index (Phi) is 4.22. The van der Waals surface area contributed by atoms with Gasteiger partial charge in [-0.05, 0) is 24.3 Å². The molecular formula is C18H13F3N6O. The first-order chi connectivity index (χ1) is 13.4. The number of fused-ring (bicyclic) bond motifs is 1. The third-order valence-electron chi connectivity index (χ3n) is 4.04. The van der Waals surface area contributed by atoms with Gasteiger partial charge in [0.2, 0.25) is 0 Å². The van der Waals surface area contributed by atoms with Gasteiger partial charge in [0.05, 0.1) is 11.1 Å². The number of halogens is 3. The Hall–Kier alpha value is -3.82. The van der Waals surface area contributed by atoms with E-state index in [0.29, 0.717) is 5.82 Å². The van der Waals surface area contributed by atoms with Crippen molar-refractivity contribution in [3.63, 3.8) is 0 Å². The Morgan fingerprint density at radius 1 is 1.04 bits per heavy atom. The molecule has 0 aliphatic carbocycles.